The third-order valence-electron chi connectivity index (χ3n) is 3.70. The predicted octanol–water partition coefficient (Wildman–Crippen LogP) is 3.43. The smallest absolute Gasteiger partial charge is 0.137 e. The van der Waals surface area contributed by atoms with E-state index in [4.69, 9.17) is 4.98 Å². The SMILES string of the molecule is CN(C)c1ccc(-c2ccc3c(N(C)C)nccc3n2)cc1. The average Bonchev–Trinajstić information content (AvgIpc) is 2.53. The van der Waals surface area contributed by atoms with Crippen molar-refractivity contribution < 1.29 is 0 Å². The van der Waals surface area contributed by atoms with E-state index in [0.29, 0.717) is 0 Å². The molecule has 3 rings (SSSR count). The van der Waals surface area contributed by atoms with Crippen molar-refractivity contribution in [1.29, 1.82) is 0 Å². The molecule has 1 aromatic carbocycles. The number of hydrogen-bond acceptors (Lipinski definition) is 4. The molecule has 2 heterocycles. The molecule has 0 aliphatic carbocycles. The summed E-state index contributed by atoms with van der Waals surface area (Å²) in [7, 11) is 8.07. The van der Waals surface area contributed by atoms with Gasteiger partial charge in [0.15, 0.2) is 0 Å². The second-order valence-corrected chi connectivity index (χ2v) is 5.73. The minimum Gasteiger partial charge on any atom is -0.378 e. The van der Waals surface area contributed by atoms with E-state index >= 15 is 0 Å². The van der Waals surface area contributed by atoms with Crippen molar-refractivity contribution in [3.63, 3.8) is 0 Å². The lowest BCUT2D eigenvalue weighted by Gasteiger charge is -2.14. The molecule has 4 nitrogen and oxygen atoms in total. The van der Waals surface area contributed by atoms with Gasteiger partial charge in [0.1, 0.15) is 5.82 Å². The quantitative estimate of drug-likeness (QED) is 0.740. The number of hydrogen-bond donors (Lipinski definition) is 0. The van der Waals surface area contributed by atoms with Crippen LogP contribution in [-0.2, 0) is 0 Å². The zero-order valence-electron chi connectivity index (χ0n) is 13.4. The zero-order chi connectivity index (χ0) is 15.7. The van der Waals surface area contributed by atoms with E-state index in [-0.39, 0.29) is 0 Å². The lowest BCUT2D eigenvalue weighted by molar-refractivity contribution is 1.08. The van der Waals surface area contributed by atoms with Gasteiger partial charge in [-0.1, -0.05) is 12.1 Å². The fourth-order valence-electron chi connectivity index (χ4n) is 2.49. The topological polar surface area (TPSA) is 32.3 Å². The van der Waals surface area contributed by atoms with E-state index in [1.807, 2.05) is 45.4 Å². The van der Waals surface area contributed by atoms with E-state index in [1.54, 1.807) is 0 Å². The Bertz CT molecular complexity index is 792. The minimum absolute atomic E-state index is 0.944. The van der Waals surface area contributed by atoms with Crippen LogP contribution in [0, 0.1) is 0 Å². The number of aromatic nitrogens is 2. The fourth-order valence-corrected chi connectivity index (χ4v) is 2.49. The summed E-state index contributed by atoms with van der Waals surface area (Å²) >= 11 is 0. The fraction of sp³-hybridized carbons (Fsp3) is 0.222. The molecule has 0 atom stereocenters. The third-order valence-corrected chi connectivity index (χ3v) is 3.70. The summed E-state index contributed by atoms with van der Waals surface area (Å²) < 4.78 is 0. The first-order chi connectivity index (χ1) is 10.6. The van der Waals surface area contributed by atoms with Gasteiger partial charge in [-0.3, -0.25) is 0 Å². The summed E-state index contributed by atoms with van der Waals surface area (Å²) in [6.07, 6.45) is 1.81. The molecule has 0 unspecified atom stereocenters. The Morgan fingerprint density at radius 1 is 0.773 bits per heavy atom. The molecule has 0 saturated carbocycles. The van der Waals surface area contributed by atoms with Gasteiger partial charge >= 0.3 is 0 Å². The maximum Gasteiger partial charge on any atom is 0.137 e. The van der Waals surface area contributed by atoms with Crippen LogP contribution in [0.4, 0.5) is 11.5 Å². The van der Waals surface area contributed by atoms with Gasteiger partial charge in [-0.2, -0.15) is 0 Å². The van der Waals surface area contributed by atoms with Gasteiger partial charge in [0.2, 0.25) is 0 Å². The summed E-state index contributed by atoms with van der Waals surface area (Å²) in [6, 6.07) is 14.6. The highest BCUT2D eigenvalue weighted by Crippen LogP contribution is 2.26. The Balaban J connectivity index is 2.05. The van der Waals surface area contributed by atoms with E-state index in [2.05, 4.69) is 46.3 Å². The van der Waals surface area contributed by atoms with Crippen molar-refractivity contribution >= 4 is 22.4 Å². The molecule has 0 bridgehead atoms. The molecule has 0 aliphatic heterocycles. The second kappa shape index (κ2) is 5.64. The summed E-state index contributed by atoms with van der Waals surface area (Å²) in [5.74, 6) is 0.944. The van der Waals surface area contributed by atoms with Crippen LogP contribution in [0.2, 0.25) is 0 Å². The number of pyridine rings is 2. The van der Waals surface area contributed by atoms with Gasteiger partial charge < -0.3 is 9.80 Å². The van der Waals surface area contributed by atoms with E-state index in [1.165, 1.54) is 5.69 Å². The van der Waals surface area contributed by atoms with Crippen LogP contribution in [0.25, 0.3) is 22.2 Å². The highest BCUT2D eigenvalue weighted by atomic mass is 15.1. The third kappa shape index (κ3) is 2.60. The standard InChI is InChI=1S/C18H20N4/c1-21(2)14-7-5-13(6-8-14)16-10-9-15-17(20-16)11-12-19-18(15)22(3)4/h5-12H,1-4H3. The van der Waals surface area contributed by atoms with Crippen molar-refractivity contribution in [2.75, 3.05) is 38.0 Å². The van der Waals surface area contributed by atoms with Crippen LogP contribution in [0.1, 0.15) is 0 Å². The van der Waals surface area contributed by atoms with Crippen molar-refractivity contribution in [2.45, 2.75) is 0 Å². The molecule has 0 N–H and O–H groups in total. The maximum atomic E-state index is 4.78. The molecule has 0 saturated heterocycles. The molecule has 0 aliphatic rings. The van der Waals surface area contributed by atoms with Crippen LogP contribution in [-0.4, -0.2) is 38.2 Å². The van der Waals surface area contributed by atoms with Crippen LogP contribution in [0.15, 0.2) is 48.7 Å². The van der Waals surface area contributed by atoms with E-state index < -0.39 is 0 Å². The van der Waals surface area contributed by atoms with Crippen molar-refractivity contribution in [1.82, 2.24) is 9.97 Å². The molecule has 112 valence electrons. The first-order valence-electron chi connectivity index (χ1n) is 7.27. The van der Waals surface area contributed by atoms with Gasteiger partial charge in [-0.05, 0) is 30.3 Å². The highest BCUT2D eigenvalue weighted by molar-refractivity contribution is 5.90. The van der Waals surface area contributed by atoms with Gasteiger partial charge in [0, 0.05) is 51.0 Å². The monoisotopic (exact) mass is 292 g/mol. The van der Waals surface area contributed by atoms with Gasteiger partial charge in [0.25, 0.3) is 0 Å². The first kappa shape index (κ1) is 14.3. The normalized spacial score (nSPS) is 10.7. The summed E-state index contributed by atoms with van der Waals surface area (Å²) in [4.78, 5) is 13.3. The van der Waals surface area contributed by atoms with Crippen molar-refractivity contribution in [3.8, 4) is 11.3 Å². The number of benzene rings is 1. The van der Waals surface area contributed by atoms with Gasteiger partial charge in [-0.15, -0.1) is 0 Å². The minimum atomic E-state index is 0.944. The van der Waals surface area contributed by atoms with Crippen LogP contribution >= 0.6 is 0 Å². The van der Waals surface area contributed by atoms with Crippen LogP contribution < -0.4 is 9.80 Å². The number of nitrogens with zero attached hydrogens (tertiary/aromatic N) is 4. The molecule has 22 heavy (non-hydrogen) atoms. The molecule has 0 amide bonds. The maximum absolute atomic E-state index is 4.78. The van der Waals surface area contributed by atoms with E-state index in [0.717, 1.165) is 28.0 Å². The molecular formula is C18H20N4. The Morgan fingerprint density at radius 2 is 1.50 bits per heavy atom. The van der Waals surface area contributed by atoms with Crippen molar-refractivity contribution in [2.24, 2.45) is 0 Å². The first-order valence-corrected chi connectivity index (χ1v) is 7.27. The Labute approximate surface area is 131 Å². The molecule has 0 fully saturated rings. The number of anilines is 2. The second-order valence-electron chi connectivity index (χ2n) is 5.73. The molecule has 4 heteroatoms. The molecule has 0 radical (unpaired) electrons. The number of fused-ring (bicyclic) bond motifs is 1. The molecule has 0 spiro atoms. The highest BCUT2D eigenvalue weighted by Gasteiger charge is 2.07. The molecular weight excluding hydrogens is 272 g/mol. The Hall–Kier alpha value is -2.62. The molecule has 2 aromatic heterocycles. The average molecular weight is 292 g/mol. The van der Waals surface area contributed by atoms with Crippen molar-refractivity contribution in [3.05, 3.63) is 48.7 Å². The largest absolute Gasteiger partial charge is 0.378 e. The molecule has 3 aromatic rings. The van der Waals surface area contributed by atoms with Gasteiger partial charge in [-0.25, -0.2) is 9.97 Å². The Kier molecular flexibility index (Phi) is 3.67. The number of rotatable bonds is 3. The van der Waals surface area contributed by atoms with Crippen LogP contribution in [0.3, 0.4) is 0 Å². The van der Waals surface area contributed by atoms with Gasteiger partial charge in [0.05, 0.1) is 11.2 Å². The summed E-state index contributed by atoms with van der Waals surface area (Å²) in [5.41, 5.74) is 4.25. The van der Waals surface area contributed by atoms with E-state index in [9.17, 15) is 0 Å². The zero-order valence-corrected chi connectivity index (χ0v) is 13.4. The lowest BCUT2D eigenvalue weighted by atomic mass is 10.1. The predicted molar refractivity (Wildman–Crippen MR) is 93.6 cm³/mol. The summed E-state index contributed by atoms with van der Waals surface area (Å²) in [6.45, 7) is 0. The lowest BCUT2D eigenvalue weighted by Crippen LogP contribution is -2.11. The van der Waals surface area contributed by atoms with Crippen LogP contribution in [0.5, 0.6) is 0 Å². The Morgan fingerprint density at radius 3 is 2.14 bits per heavy atom. The summed E-state index contributed by atoms with van der Waals surface area (Å²) in [5, 5.41) is 1.07.